The molecule has 4 nitrogen and oxygen atoms in total. The molecular weight excluding hydrogens is 282 g/mol. The van der Waals surface area contributed by atoms with E-state index in [0.29, 0.717) is 11.4 Å². The lowest BCUT2D eigenvalue weighted by Gasteiger charge is -1.97. The maximum absolute atomic E-state index is 9.76. The van der Waals surface area contributed by atoms with E-state index in [2.05, 4.69) is 26.0 Å². The fourth-order valence-corrected chi connectivity index (χ4v) is 2.07. The number of pyridine rings is 1. The summed E-state index contributed by atoms with van der Waals surface area (Å²) in [5, 5.41) is 14.1. The number of fused-ring (bicyclic) bond motifs is 1. The molecule has 3 aromatic rings. The first-order chi connectivity index (χ1) is 8.25. The smallest absolute Gasteiger partial charge is 0.185 e. The van der Waals surface area contributed by atoms with Crippen LogP contribution in [0.15, 0.2) is 47.1 Å². The van der Waals surface area contributed by atoms with Crippen LogP contribution in [-0.2, 0) is 0 Å². The molecule has 5 heteroatoms. The Balaban J connectivity index is 2.26. The molecule has 0 aliphatic rings. The van der Waals surface area contributed by atoms with Gasteiger partial charge in [-0.25, -0.2) is 9.50 Å². The summed E-state index contributed by atoms with van der Waals surface area (Å²) in [6.45, 7) is 0. The van der Waals surface area contributed by atoms with Gasteiger partial charge in [-0.05, 0) is 40.2 Å². The van der Waals surface area contributed by atoms with Crippen LogP contribution in [0.2, 0.25) is 0 Å². The van der Waals surface area contributed by atoms with Crippen molar-refractivity contribution in [3.8, 4) is 17.1 Å². The Hall–Kier alpha value is -1.88. The highest BCUT2D eigenvalue weighted by atomic mass is 79.9. The minimum Gasteiger partial charge on any atom is -0.507 e. The highest BCUT2D eigenvalue weighted by Gasteiger charge is 2.11. The van der Waals surface area contributed by atoms with Crippen molar-refractivity contribution in [3.05, 3.63) is 47.1 Å². The van der Waals surface area contributed by atoms with Gasteiger partial charge in [0.05, 0.1) is 10.0 Å². The number of phenolic OH excluding ortho intramolecular Hbond substituents is 1. The average Bonchev–Trinajstić information content (AvgIpc) is 2.75. The molecule has 0 saturated carbocycles. The topological polar surface area (TPSA) is 50.4 Å². The van der Waals surface area contributed by atoms with Crippen molar-refractivity contribution in [2.24, 2.45) is 0 Å². The summed E-state index contributed by atoms with van der Waals surface area (Å²) < 4.78 is 2.54. The Kier molecular flexibility index (Phi) is 2.33. The van der Waals surface area contributed by atoms with Crippen LogP contribution in [0.5, 0.6) is 5.75 Å². The molecule has 0 bridgehead atoms. The van der Waals surface area contributed by atoms with Crippen LogP contribution in [-0.4, -0.2) is 19.7 Å². The first kappa shape index (κ1) is 10.3. The molecule has 1 aromatic carbocycles. The van der Waals surface area contributed by atoms with E-state index in [9.17, 15) is 5.11 Å². The van der Waals surface area contributed by atoms with Crippen molar-refractivity contribution in [2.45, 2.75) is 0 Å². The van der Waals surface area contributed by atoms with Gasteiger partial charge < -0.3 is 5.11 Å². The van der Waals surface area contributed by atoms with E-state index in [1.54, 1.807) is 22.7 Å². The Bertz CT molecular complexity index is 693. The van der Waals surface area contributed by atoms with Crippen LogP contribution < -0.4 is 0 Å². The summed E-state index contributed by atoms with van der Waals surface area (Å²) >= 11 is 3.42. The second-order valence-corrected chi connectivity index (χ2v) is 4.43. The molecule has 0 unspecified atom stereocenters. The normalized spacial score (nSPS) is 10.9. The fourth-order valence-electron chi connectivity index (χ4n) is 1.65. The molecule has 0 aliphatic carbocycles. The average molecular weight is 290 g/mol. The van der Waals surface area contributed by atoms with Gasteiger partial charge in [0.25, 0.3) is 0 Å². The summed E-state index contributed by atoms with van der Waals surface area (Å²) in [4.78, 5) is 4.39. The van der Waals surface area contributed by atoms with E-state index in [0.717, 1.165) is 10.1 Å². The summed E-state index contributed by atoms with van der Waals surface area (Å²) in [5.74, 6) is 0.689. The quantitative estimate of drug-likeness (QED) is 0.749. The van der Waals surface area contributed by atoms with Gasteiger partial charge in [-0.15, -0.1) is 5.10 Å². The fraction of sp³-hybridized carbons (Fsp3) is 0. The van der Waals surface area contributed by atoms with E-state index in [-0.39, 0.29) is 5.75 Å². The molecular formula is C12H8BrN3O. The largest absolute Gasteiger partial charge is 0.507 e. The highest BCUT2D eigenvalue weighted by molar-refractivity contribution is 9.10. The predicted octanol–water partition coefficient (Wildman–Crippen LogP) is 2.86. The third-order valence-electron chi connectivity index (χ3n) is 2.46. The molecule has 3 rings (SSSR count). The van der Waals surface area contributed by atoms with Crippen molar-refractivity contribution >= 4 is 21.6 Å². The molecule has 0 saturated heterocycles. The second-order valence-electron chi connectivity index (χ2n) is 3.58. The van der Waals surface area contributed by atoms with E-state index in [1.807, 2.05) is 24.4 Å². The van der Waals surface area contributed by atoms with Crippen LogP contribution in [0, 0.1) is 0 Å². The Morgan fingerprint density at radius 1 is 1.12 bits per heavy atom. The van der Waals surface area contributed by atoms with E-state index in [4.69, 9.17) is 0 Å². The monoisotopic (exact) mass is 289 g/mol. The third-order valence-corrected chi connectivity index (χ3v) is 3.08. The Morgan fingerprint density at radius 3 is 2.71 bits per heavy atom. The molecule has 0 spiro atoms. The number of hydrogen-bond donors (Lipinski definition) is 1. The number of hydrogen-bond acceptors (Lipinski definition) is 3. The zero-order chi connectivity index (χ0) is 11.8. The lowest BCUT2D eigenvalue weighted by Crippen LogP contribution is -1.86. The van der Waals surface area contributed by atoms with Crippen molar-refractivity contribution < 1.29 is 5.11 Å². The maximum atomic E-state index is 9.76. The minimum atomic E-state index is 0.180. The molecule has 1 N–H and O–H groups in total. The van der Waals surface area contributed by atoms with Gasteiger partial charge in [0.15, 0.2) is 11.5 Å². The van der Waals surface area contributed by atoms with Crippen molar-refractivity contribution in [1.82, 2.24) is 14.6 Å². The van der Waals surface area contributed by atoms with Gasteiger partial charge in [0.2, 0.25) is 0 Å². The number of rotatable bonds is 1. The summed E-state index contributed by atoms with van der Waals surface area (Å²) in [6, 6.07) is 10.8. The standard InChI is InChI=1S/C12H8BrN3O/c13-9-5-3-7-16-12(9)14-11(15-16)8-4-1-2-6-10(8)17/h1-7,17H. The van der Waals surface area contributed by atoms with Crippen LogP contribution in [0.4, 0.5) is 0 Å². The number of aromatic hydroxyl groups is 1. The molecule has 0 aliphatic heterocycles. The Morgan fingerprint density at radius 2 is 1.94 bits per heavy atom. The number of halogens is 1. The number of aromatic nitrogens is 3. The zero-order valence-electron chi connectivity index (χ0n) is 8.71. The van der Waals surface area contributed by atoms with Gasteiger partial charge in [-0.1, -0.05) is 12.1 Å². The molecule has 0 amide bonds. The first-order valence-electron chi connectivity index (χ1n) is 5.05. The van der Waals surface area contributed by atoms with Crippen LogP contribution in [0.3, 0.4) is 0 Å². The lowest BCUT2D eigenvalue weighted by atomic mass is 10.2. The van der Waals surface area contributed by atoms with Gasteiger partial charge in [-0.2, -0.15) is 0 Å². The first-order valence-corrected chi connectivity index (χ1v) is 5.84. The van der Waals surface area contributed by atoms with Gasteiger partial charge in [0.1, 0.15) is 5.75 Å². The van der Waals surface area contributed by atoms with E-state index in [1.165, 1.54) is 0 Å². The third kappa shape index (κ3) is 1.68. The van der Waals surface area contributed by atoms with Crippen LogP contribution >= 0.6 is 15.9 Å². The summed E-state index contributed by atoms with van der Waals surface area (Å²) in [6.07, 6.45) is 1.82. The second kappa shape index (κ2) is 3.85. The molecule has 0 radical (unpaired) electrons. The molecule has 17 heavy (non-hydrogen) atoms. The maximum Gasteiger partial charge on any atom is 0.185 e. The molecule has 0 fully saturated rings. The number of phenols is 1. The van der Waals surface area contributed by atoms with Gasteiger partial charge >= 0.3 is 0 Å². The number of benzene rings is 1. The molecule has 0 atom stereocenters. The number of nitrogens with zero attached hydrogens (tertiary/aromatic N) is 3. The molecule has 2 heterocycles. The van der Waals surface area contributed by atoms with Crippen molar-refractivity contribution in [1.29, 1.82) is 0 Å². The minimum absolute atomic E-state index is 0.180. The Labute approximate surface area is 106 Å². The SMILES string of the molecule is Oc1ccccc1-c1nc2c(Br)cccn2n1. The van der Waals surface area contributed by atoms with Crippen LogP contribution in [0.25, 0.3) is 17.0 Å². The van der Waals surface area contributed by atoms with E-state index < -0.39 is 0 Å². The van der Waals surface area contributed by atoms with Gasteiger partial charge in [0, 0.05) is 6.20 Å². The highest BCUT2D eigenvalue weighted by Crippen LogP contribution is 2.27. The molecule has 84 valence electrons. The summed E-state index contributed by atoms with van der Waals surface area (Å²) in [7, 11) is 0. The van der Waals surface area contributed by atoms with Gasteiger partial charge in [-0.3, -0.25) is 0 Å². The predicted molar refractivity (Wildman–Crippen MR) is 67.8 cm³/mol. The zero-order valence-corrected chi connectivity index (χ0v) is 10.3. The van der Waals surface area contributed by atoms with Crippen molar-refractivity contribution in [3.63, 3.8) is 0 Å². The van der Waals surface area contributed by atoms with E-state index >= 15 is 0 Å². The van der Waals surface area contributed by atoms with Crippen molar-refractivity contribution in [2.75, 3.05) is 0 Å². The summed E-state index contributed by atoms with van der Waals surface area (Å²) in [5.41, 5.74) is 1.36. The molecule has 2 aromatic heterocycles. The number of para-hydroxylation sites is 1. The van der Waals surface area contributed by atoms with Crippen LogP contribution in [0.1, 0.15) is 0 Å². The lowest BCUT2D eigenvalue weighted by molar-refractivity contribution is 0.477.